The average molecular weight is 255 g/mol. The van der Waals surface area contributed by atoms with Crippen molar-refractivity contribution < 1.29 is 0 Å². The minimum absolute atomic E-state index is 0.684. The van der Waals surface area contributed by atoms with Crippen LogP contribution in [0.4, 0.5) is 5.00 Å². The Labute approximate surface area is 107 Å². The Morgan fingerprint density at radius 2 is 2.35 bits per heavy atom. The number of anilines is 1. The summed E-state index contributed by atoms with van der Waals surface area (Å²) in [5.41, 5.74) is 1.09. The lowest BCUT2D eigenvalue weighted by molar-refractivity contribution is 0.263. The summed E-state index contributed by atoms with van der Waals surface area (Å²) >= 11 is 1.46. The number of likely N-dealkylation sites (tertiary alicyclic amines) is 1. The zero-order valence-electron chi connectivity index (χ0n) is 10.8. The lowest BCUT2D eigenvalue weighted by Crippen LogP contribution is -2.31. The summed E-state index contributed by atoms with van der Waals surface area (Å²) in [4.78, 5) is 4.77. The molecule has 1 fully saturated rings. The number of nitrogens with one attached hydrogen (secondary N) is 1. The fourth-order valence-electron chi connectivity index (χ4n) is 2.20. The highest BCUT2D eigenvalue weighted by Gasteiger charge is 2.25. The second kappa shape index (κ2) is 5.75. The molecular weight excluding hydrogens is 234 g/mol. The number of likely N-dealkylation sites (N-methyl/N-ethyl adjacent to an activating group) is 1. The molecule has 5 nitrogen and oxygen atoms in total. The summed E-state index contributed by atoms with van der Waals surface area (Å²) in [6, 6.07) is 0.684. The van der Waals surface area contributed by atoms with Gasteiger partial charge in [0.25, 0.3) is 0 Å². The molecule has 6 heteroatoms. The fourth-order valence-corrected chi connectivity index (χ4v) is 2.84. The first-order valence-corrected chi connectivity index (χ1v) is 6.92. The van der Waals surface area contributed by atoms with Gasteiger partial charge in [0.2, 0.25) is 0 Å². The molecule has 1 aliphatic rings. The zero-order valence-corrected chi connectivity index (χ0v) is 11.6. The quantitative estimate of drug-likeness (QED) is 0.854. The molecule has 0 aromatic carbocycles. The molecule has 96 valence electrons. The minimum atomic E-state index is 0.684. The van der Waals surface area contributed by atoms with E-state index >= 15 is 0 Å². The Morgan fingerprint density at radius 1 is 1.53 bits per heavy atom. The molecule has 1 saturated heterocycles. The summed E-state index contributed by atoms with van der Waals surface area (Å²) in [5.74, 6) is 0. The zero-order chi connectivity index (χ0) is 12.3. The van der Waals surface area contributed by atoms with Crippen molar-refractivity contribution in [3.63, 3.8) is 0 Å². The molecule has 1 unspecified atom stereocenters. The first kappa shape index (κ1) is 12.7. The molecule has 1 aromatic rings. The van der Waals surface area contributed by atoms with Crippen molar-refractivity contribution in [2.45, 2.75) is 25.9 Å². The van der Waals surface area contributed by atoms with E-state index in [9.17, 15) is 0 Å². The highest BCUT2D eigenvalue weighted by atomic mass is 32.1. The van der Waals surface area contributed by atoms with Crippen molar-refractivity contribution in [2.24, 2.45) is 0 Å². The van der Waals surface area contributed by atoms with Crippen LogP contribution >= 0.6 is 11.5 Å². The Hall–Kier alpha value is -0.720. The van der Waals surface area contributed by atoms with Crippen LogP contribution in [0.25, 0.3) is 0 Å². The maximum absolute atomic E-state index is 4.22. The van der Waals surface area contributed by atoms with Crippen molar-refractivity contribution in [3.8, 4) is 0 Å². The third-order valence-electron chi connectivity index (χ3n) is 3.24. The Bertz CT molecular complexity index is 351. The van der Waals surface area contributed by atoms with Gasteiger partial charge in [0.05, 0.1) is 0 Å². The van der Waals surface area contributed by atoms with Crippen LogP contribution in [0.2, 0.25) is 0 Å². The molecular formula is C11H21N5S. The Balaban J connectivity index is 1.91. The molecule has 0 radical (unpaired) electrons. The number of nitrogens with zero attached hydrogens (tertiary/aromatic N) is 4. The molecule has 1 atom stereocenters. The van der Waals surface area contributed by atoms with E-state index in [2.05, 4.69) is 45.7 Å². The maximum Gasteiger partial charge on any atom is 0.134 e. The largest absolute Gasteiger partial charge is 0.374 e. The summed E-state index contributed by atoms with van der Waals surface area (Å²) in [7, 11) is 4.31. The molecule has 2 rings (SSSR count). The molecule has 0 saturated carbocycles. The molecule has 0 amide bonds. The van der Waals surface area contributed by atoms with E-state index in [0.717, 1.165) is 36.9 Å². The van der Waals surface area contributed by atoms with Gasteiger partial charge in [0.1, 0.15) is 10.7 Å². The predicted molar refractivity (Wildman–Crippen MR) is 71.4 cm³/mol. The lowest BCUT2D eigenvalue weighted by Gasteiger charge is -2.19. The van der Waals surface area contributed by atoms with Gasteiger partial charge in [-0.25, -0.2) is 0 Å². The van der Waals surface area contributed by atoms with Gasteiger partial charge in [0.15, 0.2) is 0 Å². The normalized spacial score (nSPS) is 21.3. The highest BCUT2D eigenvalue weighted by Crippen LogP contribution is 2.22. The molecule has 2 heterocycles. The van der Waals surface area contributed by atoms with Crippen LogP contribution in [0.1, 0.15) is 19.0 Å². The maximum atomic E-state index is 4.22. The standard InChI is InChI=1S/C11H21N5S/c1-4-12-11-10(13-14-17-11)8-16-6-5-9(7-16)15(2)3/h9,12H,4-8H2,1-3H3. The molecule has 0 spiro atoms. The van der Waals surface area contributed by atoms with Gasteiger partial charge in [0, 0.05) is 43.8 Å². The Kier molecular flexibility index (Phi) is 4.31. The topological polar surface area (TPSA) is 44.3 Å². The first-order chi connectivity index (χ1) is 8.20. The van der Waals surface area contributed by atoms with Gasteiger partial charge in [-0.15, -0.1) is 5.10 Å². The van der Waals surface area contributed by atoms with Crippen molar-refractivity contribution >= 4 is 16.5 Å². The second-order valence-electron chi connectivity index (χ2n) is 4.72. The minimum Gasteiger partial charge on any atom is -0.374 e. The summed E-state index contributed by atoms with van der Waals surface area (Å²) in [5, 5.41) is 8.67. The third-order valence-corrected chi connectivity index (χ3v) is 3.97. The van der Waals surface area contributed by atoms with E-state index in [4.69, 9.17) is 0 Å². The van der Waals surface area contributed by atoms with Crippen LogP contribution in [0.5, 0.6) is 0 Å². The van der Waals surface area contributed by atoms with Gasteiger partial charge in [-0.05, 0) is 27.4 Å². The third kappa shape index (κ3) is 3.14. The number of aromatic nitrogens is 2. The smallest absolute Gasteiger partial charge is 0.134 e. The van der Waals surface area contributed by atoms with Crippen molar-refractivity contribution in [3.05, 3.63) is 5.69 Å². The lowest BCUT2D eigenvalue weighted by atomic mass is 10.2. The Morgan fingerprint density at radius 3 is 3.00 bits per heavy atom. The fraction of sp³-hybridized carbons (Fsp3) is 0.818. The number of hydrogen-bond acceptors (Lipinski definition) is 6. The number of hydrogen-bond donors (Lipinski definition) is 1. The highest BCUT2D eigenvalue weighted by molar-refractivity contribution is 7.10. The van der Waals surface area contributed by atoms with Crippen LogP contribution < -0.4 is 5.32 Å². The van der Waals surface area contributed by atoms with Crippen LogP contribution in [0.15, 0.2) is 0 Å². The molecule has 1 aliphatic heterocycles. The summed E-state index contributed by atoms with van der Waals surface area (Å²) in [6.07, 6.45) is 1.25. The molecule has 1 N–H and O–H groups in total. The van der Waals surface area contributed by atoms with Crippen LogP contribution in [-0.4, -0.2) is 59.2 Å². The van der Waals surface area contributed by atoms with Crippen molar-refractivity contribution in [1.82, 2.24) is 19.4 Å². The predicted octanol–water partition coefficient (Wildman–Crippen LogP) is 1.11. The molecule has 0 aliphatic carbocycles. The average Bonchev–Trinajstić information content (AvgIpc) is 2.90. The second-order valence-corrected chi connectivity index (χ2v) is 5.47. The van der Waals surface area contributed by atoms with Gasteiger partial charge in [-0.2, -0.15) is 0 Å². The van der Waals surface area contributed by atoms with Gasteiger partial charge in [-0.1, -0.05) is 4.49 Å². The summed E-state index contributed by atoms with van der Waals surface area (Å²) in [6.45, 7) is 6.24. The van der Waals surface area contributed by atoms with Gasteiger partial charge >= 0.3 is 0 Å². The van der Waals surface area contributed by atoms with Gasteiger partial charge in [-0.3, -0.25) is 4.90 Å². The van der Waals surface area contributed by atoms with E-state index in [0.29, 0.717) is 6.04 Å². The van der Waals surface area contributed by atoms with Crippen molar-refractivity contribution in [2.75, 3.05) is 39.0 Å². The monoisotopic (exact) mass is 255 g/mol. The van der Waals surface area contributed by atoms with Crippen molar-refractivity contribution in [1.29, 1.82) is 0 Å². The molecule has 1 aromatic heterocycles. The van der Waals surface area contributed by atoms with E-state index in [1.54, 1.807) is 0 Å². The molecule has 0 bridgehead atoms. The van der Waals surface area contributed by atoms with Crippen LogP contribution in [0, 0.1) is 0 Å². The van der Waals surface area contributed by atoms with E-state index < -0.39 is 0 Å². The van der Waals surface area contributed by atoms with E-state index in [1.165, 1.54) is 18.0 Å². The first-order valence-electron chi connectivity index (χ1n) is 6.14. The van der Waals surface area contributed by atoms with Crippen LogP contribution in [-0.2, 0) is 6.54 Å². The van der Waals surface area contributed by atoms with Crippen LogP contribution in [0.3, 0.4) is 0 Å². The van der Waals surface area contributed by atoms with E-state index in [1.807, 2.05) is 0 Å². The summed E-state index contributed by atoms with van der Waals surface area (Å²) < 4.78 is 4.03. The number of rotatable bonds is 5. The van der Waals surface area contributed by atoms with Gasteiger partial charge < -0.3 is 10.2 Å². The molecule has 17 heavy (non-hydrogen) atoms. The SMILES string of the molecule is CCNc1snnc1CN1CCC(N(C)C)C1. The van der Waals surface area contributed by atoms with E-state index in [-0.39, 0.29) is 0 Å².